The van der Waals surface area contributed by atoms with Gasteiger partial charge in [0.1, 0.15) is 0 Å². The predicted octanol–water partition coefficient (Wildman–Crippen LogP) is 4.32. The number of ether oxygens (including phenoxy) is 1. The summed E-state index contributed by atoms with van der Waals surface area (Å²) >= 11 is 1.42. The van der Waals surface area contributed by atoms with Crippen LogP contribution in [0.3, 0.4) is 0 Å². The molecule has 0 unspecified atom stereocenters. The number of aromatic nitrogens is 1. The molecule has 3 nitrogen and oxygen atoms in total. The van der Waals surface area contributed by atoms with Gasteiger partial charge >= 0.3 is 6.18 Å². The third-order valence-corrected chi connectivity index (χ3v) is 4.64. The third kappa shape index (κ3) is 3.05. The van der Waals surface area contributed by atoms with Gasteiger partial charge in [0.2, 0.25) is 0 Å². The van der Waals surface area contributed by atoms with Crippen molar-refractivity contribution in [2.45, 2.75) is 38.7 Å². The number of nitrogens with zero attached hydrogens (tertiary/aromatic N) is 2. The Kier molecular flexibility index (Phi) is 3.60. The van der Waals surface area contributed by atoms with Gasteiger partial charge in [0.05, 0.1) is 27.5 Å². The number of hydrogen-bond acceptors (Lipinski definition) is 4. The number of halogens is 3. The Morgan fingerprint density at radius 1 is 1.36 bits per heavy atom. The minimum absolute atomic E-state index is 0.0569. The Hall–Kier alpha value is -1.34. The first-order valence-corrected chi connectivity index (χ1v) is 7.86. The highest BCUT2D eigenvalue weighted by molar-refractivity contribution is 7.22. The smallest absolute Gasteiger partial charge is 0.369 e. The van der Waals surface area contributed by atoms with Gasteiger partial charge in [0.25, 0.3) is 0 Å². The predicted molar refractivity (Wildman–Crippen MR) is 81.5 cm³/mol. The molecule has 0 amide bonds. The van der Waals surface area contributed by atoms with Crippen LogP contribution in [-0.2, 0) is 10.9 Å². The first kappa shape index (κ1) is 15.6. The molecule has 0 bridgehead atoms. The lowest BCUT2D eigenvalue weighted by molar-refractivity contribution is -0.137. The van der Waals surface area contributed by atoms with Crippen LogP contribution in [0.2, 0.25) is 0 Å². The molecule has 0 aliphatic carbocycles. The van der Waals surface area contributed by atoms with Gasteiger partial charge in [-0.25, -0.2) is 4.98 Å². The van der Waals surface area contributed by atoms with E-state index >= 15 is 0 Å². The Morgan fingerprint density at radius 2 is 2.09 bits per heavy atom. The molecule has 1 saturated heterocycles. The van der Waals surface area contributed by atoms with Gasteiger partial charge in [0, 0.05) is 13.1 Å². The van der Waals surface area contributed by atoms with Crippen LogP contribution < -0.4 is 4.90 Å². The number of thiazole rings is 1. The van der Waals surface area contributed by atoms with Gasteiger partial charge in [-0.05, 0) is 39.0 Å². The van der Waals surface area contributed by atoms with Crippen LogP contribution in [0.1, 0.15) is 26.3 Å². The van der Waals surface area contributed by atoms with E-state index in [2.05, 4.69) is 9.88 Å². The summed E-state index contributed by atoms with van der Waals surface area (Å²) in [4.78, 5) is 6.49. The molecule has 2 aromatic rings. The van der Waals surface area contributed by atoms with E-state index in [0.29, 0.717) is 18.6 Å². The molecular formula is C15H17F3N2OS. The Labute approximate surface area is 130 Å². The lowest BCUT2D eigenvalue weighted by Crippen LogP contribution is -2.52. The lowest BCUT2D eigenvalue weighted by atomic mass is 10.1. The average Bonchev–Trinajstić information content (AvgIpc) is 2.77. The molecule has 1 aromatic carbocycles. The number of rotatable bonds is 1. The van der Waals surface area contributed by atoms with E-state index in [1.165, 1.54) is 17.4 Å². The zero-order valence-electron chi connectivity index (χ0n) is 12.6. The van der Waals surface area contributed by atoms with Crippen LogP contribution in [0.15, 0.2) is 18.2 Å². The highest BCUT2D eigenvalue weighted by Gasteiger charge is 2.33. The van der Waals surface area contributed by atoms with Crippen molar-refractivity contribution in [1.29, 1.82) is 0 Å². The van der Waals surface area contributed by atoms with Crippen molar-refractivity contribution in [3.8, 4) is 0 Å². The molecule has 7 heteroatoms. The fourth-order valence-electron chi connectivity index (χ4n) is 2.83. The van der Waals surface area contributed by atoms with Crippen molar-refractivity contribution in [1.82, 2.24) is 4.98 Å². The van der Waals surface area contributed by atoms with E-state index in [4.69, 9.17) is 4.74 Å². The zero-order chi connectivity index (χ0) is 16.1. The maximum Gasteiger partial charge on any atom is 0.416 e. The zero-order valence-corrected chi connectivity index (χ0v) is 13.4. The molecular weight excluding hydrogens is 313 g/mol. The quantitative estimate of drug-likeness (QED) is 0.779. The first-order chi connectivity index (χ1) is 10.1. The molecule has 3 rings (SSSR count). The van der Waals surface area contributed by atoms with Crippen molar-refractivity contribution in [2.75, 3.05) is 18.0 Å². The summed E-state index contributed by atoms with van der Waals surface area (Å²) in [5.74, 6) is 0. The van der Waals surface area contributed by atoms with Crippen molar-refractivity contribution >= 4 is 26.7 Å². The Morgan fingerprint density at radius 3 is 2.73 bits per heavy atom. The molecule has 1 atom stereocenters. The summed E-state index contributed by atoms with van der Waals surface area (Å²) in [6, 6.07) is 3.72. The summed E-state index contributed by atoms with van der Waals surface area (Å²) in [5, 5.41) is 0.748. The molecule has 2 heterocycles. The van der Waals surface area contributed by atoms with Crippen molar-refractivity contribution in [2.24, 2.45) is 0 Å². The maximum absolute atomic E-state index is 12.8. The number of fused-ring (bicyclic) bond motifs is 1. The number of anilines is 1. The summed E-state index contributed by atoms with van der Waals surface area (Å²) < 4.78 is 44.9. The number of alkyl halides is 3. The topological polar surface area (TPSA) is 25.4 Å². The SMILES string of the molecule is C[C@H]1CN(c2nc3cc(C(F)(F)F)ccc3s2)CC(C)(C)O1. The van der Waals surface area contributed by atoms with E-state index in [-0.39, 0.29) is 11.7 Å². The van der Waals surface area contributed by atoms with Crippen molar-refractivity contribution in [3.05, 3.63) is 23.8 Å². The molecule has 120 valence electrons. The van der Waals surface area contributed by atoms with E-state index in [0.717, 1.165) is 22.0 Å². The van der Waals surface area contributed by atoms with Gasteiger partial charge < -0.3 is 9.64 Å². The minimum atomic E-state index is -4.34. The van der Waals surface area contributed by atoms with Crippen LogP contribution in [0.25, 0.3) is 10.2 Å². The second kappa shape index (κ2) is 5.09. The second-order valence-corrected chi connectivity index (χ2v) is 7.25. The van der Waals surface area contributed by atoms with Crippen LogP contribution in [-0.4, -0.2) is 29.8 Å². The van der Waals surface area contributed by atoms with Crippen LogP contribution in [0.4, 0.5) is 18.3 Å². The van der Waals surface area contributed by atoms with Gasteiger partial charge in [0.15, 0.2) is 5.13 Å². The molecule has 0 spiro atoms. The standard InChI is InChI=1S/C15H17F3N2OS/c1-9-7-20(8-14(2,3)21-9)13-19-11-6-10(15(16,17)18)4-5-12(11)22-13/h4-6,9H,7-8H2,1-3H3/t9-/m0/s1. The van der Waals surface area contributed by atoms with Crippen molar-refractivity contribution < 1.29 is 17.9 Å². The number of benzene rings is 1. The number of morpholine rings is 1. The molecule has 1 aromatic heterocycles. The van der Waals surface area contributed by atoms with Gasteiger partial charge in [-0.1, -0.05) is 11.3 Å². The van der Waals surface area contributed by atoms with Gasteiger partial charge in [-0.15, -0.1) is 0 Å². The first-order valence-electron chi connectivity index (χ1n) is 7.05. The summed E-state index contributed by atoms with van der Waals surface area (Å²) in [7, 11) is 0. The van der Waals surface area contributed by atoms with Gasteiger partial charge in [-0.3, -0.25) is 0 Å². The fourth-order valence-corrected chi connectivity index (χ4v) is 3.78. The molecule has 22 heavy (non-hydrogen) atoms. The molecule has 0 saturated carbocycles. The van der Waals surface area contributed by atoms with Gasteiger partial charge in [-0.2, -0.15) is 13.2 Å². The fraction of sp³-hybridized carbons (Fsp3) is 0.533. The molecule has 1 aliphatic heterocycles. The maximum atomic E-state index is 12.8. The van der Waals surface area contributed by atoms with E-state index in [9.17, 15) is 13.2 Å². The molecule has 0 N–H and O–H groups in total. The molecule has 0 radical (unpaired) electrons. The Balaban J connectivity index is 1.95. The van der Waals surface area contributed by atoms with Crippen LogP contribution >= 0.6 is 11.3 Å². The summed E-state index contributed by atoms with van der Waals surface area (Å²) in [6.07, 6.45) is -4.28. The van der Waals surface area contributed by atoms with Crippen molar-refractivity contribution in [3.63, 3.8) is 0 Å². The third-order valence-electron chi connectivity index (χ3n) is 3.54. The second-order valence-electron chi connectivity index (χ2n) is 6.25. The van der Waals surface area contributed by atoms with E-state index < -0.39 is 11.7 Å². The van der Waals surface area contributed by atoms with E-state index in [1.54, 1.807) is 0 Å². The monoisotopic (exact) mass is 330 g/mol. The van der Waals surface area contributed by atoms with Crippen LogP contribution in [0, 0.1) is 0 Å². The lowest BCUT2D eigenvalue weighted by Gasteiger charge is -2.41. The Bertz CT molecular complexity index is 696. The largest absolute Gasteiger partial charge is 0.416 e. The normalized spacial score (nSPS) is 22.3. The highest BCUT2D eigenvalue weighted by atomic mass is 32.1. The molecule has 1 fully saturated rings. The average molecular weight is 330 g/mol. The summed E-state index contributed by atoms with van der Waals surface area (Å²) in [6.45, 7) is 7.36. The number of hydrogen-bond donors (Lipinski definition) is 0. The summed E-state index contributed by atoms with van der Waals surface area (Å²) in [5.41, 5.74) is -0.563. The highest BCUT2D eigenvalue weighted by Crippen LogP contribution is 2.36. The minimum Gasteiger partial charge on any atom is -0.369 e. The molecule has 1 aliphatic rings. The van der Waals surface area contributed by atoms with Crippen LogP contribution in [0.5, 0.6) is 0 Å². The van der Waals surface area contributed by atoms with E-state index in [1.807, 2.05) is 20.8 Å².